The summed E-state index contributed by atoms with van der Waals surface area (Å²) >= 11 is 7.94. The number of rotatable bonds is 11. The van der Waals surface area contributed by atoms with Crippen LogP contribution in [0.1, 0.15) is 52.4 Å². The molecule has 0 spiro atoms. The summed E-state index contributed by atoms with van der Waals surface area (Å²) in [4.78, 5) is 1.27. The van der Waals surface area contributed by atoms with Crippen LogP contribution in [-0.4, -0.2) is 18.3 Å². The molecule has 114 valence electrons. The second-order valence-electron chi connectivity index (χ2n) is 5.27. The molecule has 0 heterocycles. The first-order valence-corrected chi connectivity index (χ1v) is 9.24. The van der Waals surface area contributed by atoms with Gasteiger partial charge in [0.15, 0.2) is 0 Å². The van der Waals surface area contributed by atoms with E-state index in [1.165, 1.54) is 43.4 Å². The van der Waals surface area contributed by atoms with Crippen LogP contribution in [0.25, 0.3) is 0 Å². The molecule has 1 rings (SSSR count). The van der Waals surface area contributed by atoms with E-state index in [2.05, 4.69) is 31.3 Å². The van der Waals surface area contributed by atoms with Gasteiger partial charge in [0.05, 0.1) is 0 Å². The lowest BCUT2D eigenvalue weighted by Crippen LogP contribution is -2.31. The number of thioether (sulfide) groups is 1. The number of halogens is 1. The lowest BCUT2D eigenvalue weighted by atomic mass is 10.1. The van der Waals surface area contributed by atoms with Crippen LogP contribution in [0.5, 0.6) is 0 Å². The fraction of sp³-hybridized carbons (Fsp3) is 0.647. The molecule has 0 amide bonds. The normalized spacial score (nSPS) is 12.6. The fourth-order valence-corrected chi connectivity index (χ4v) is 3.48. The summed E-state index contributed by atoms with van der Waals surface area (Å²) in [5.41, 5.74) is 0. The lowest BCUT2D eigenvalue weighted by Gasteiger charge is -2.18. The molecule has 0 aliphatic heterocycles. The molecule has 1 atom stereocenters. The Kier molecular flexibility index (Phi) is 10.3. The summed E-state index contributed by atoms with van der Waals surface area (Å²) in [6, 6.07) is 8.78. The maximum atomic E-state index is 6.03. The number of hydrogen-bond acceptors (Lipinski definition) is 2. The molecule has 1 aromatic rings. The predicted molar refractivity (Wildman–Crippen MR) is 93.0 cm³/mol. The van der Waals surface area contributed by atoms with Gasteiger partial charge in [0.2, 0.25) is 0 Å². The summed E-state index contributed by atoms with van der Waals surface area (Å²) in [5.74, 6) is 1.13. The predicted octanol–water partition coefficient (Wildman–Crippen LogP) is 5.77. The zero-order valence-electron chi connectivity index (χ0n) is 12.8. The first-order chi connectivity index (χ1) is 9.76. The number of benzene rings is 1. The summed E-state index contributed by atoms with van der Waals surface area (Å²) < 4.78 is 0. The molecule has 20 heavy (non-hydrogen) atoms. The van der Waals surface area contributed by atoms with E-state index in [0.29, 0.717) is 6.04 Å². The molecule has 0 saturated carbocycles. The summed E-state index contributed by atoms with van der Waals surface area (Å²) in [7, 11) is 0. The van der Waals surface area contributed by atoms with Crippen molar-refractivity contribution >= 4 is 23.4 Å². The molecule has 0 aliphatic carbocycles. The van der Waals surface area contributed by atoms with Crippen LogP contribution in [-0.2, 0) is 0 Å². The van der Waals surface area contributed by atoms with Crippen molar-refractivity contribution in [3.8, 4) is 0 Å². The zero-order valence-corrected chi connectivity index (χ0v) is 14.4. The number of nitrogens with one attached hydrogen (secondary N) is 1. The van der Waals surface area contributed by atoms with Crippen LogP contribution in [0.4, 0.5) is 0 Å². The first-order valence-electron chi connectivity index (χ1n) is 7.88. The lowest BCUT2D eigenvalue weighted by molar-refractivity contribution is 0.488. The highest BCUT2D eigenvalue weighted by molar-refractivity contribution is 7.99. The Hall–Kier alpha value is -0.180. The molecule has 0 aliphatic rings. The van der Waals surface area contributed by atoms with E-state index in [1.807, 2.05) is 23.9 Å². The highest BCUT2D eigenvalue weighted by Gasteiger charge is 2.08. The van der Waals surface area contributed by atoms with Crippen molar-refractivity contribution < 1.29 is 0 Å². The van der Waals surface area contributed by atoms with Gasteiger partial charge in [-0.15, -0.1) is 11.8 Å². The van der Waals surface area contributed by atoms with E-state index < -0.39 is 0 Å². The van der Waals surface area contributed by atoms with Crippen molar-refractivity contribution in [1.82, 2.24) is 5.32 Å². The highest BCUT2D eigenvalue weighted by atomic mass is 35.5. The Morgan fingerprint density at radius 1 is 1.15 bits per heavy atom. The van der Waals surface area contributed by atoms with Gasteiger partial charge in [-0.05, 0) is 37.6 Å². The SMILES string of the molecule is CCCCCCC(CSc1cccc(Cl)c1)NCCC. The molecule has 1 aromatic carbocycles. The molecule has 3 heteroatoms. The summed E-state index contributed by atoms with van der Waals surface area (Å²) in [6.45, 7) is 5.61. The smallest absolute Gasteiger partial charge is 0.0417 e. The highest BCUT2D eigenvalue weighted by Crippen LogP contribution is 2.23. The average molecular weight is 314 g/mol. The fourth-order valence-electron chi connectivity index (χ4n) is 2.16. The second kappa shape index (κ2) is 11.5. The minimum atomic E-state index is 0.621. The van der Waals surface area contributed by atoms with Crippen molar-refractivity contribution in [1.29, 1.82) is 0 Å². The molecule has 0 saturated heterocycles. The minimum absolute atomic E-state index is 0.621. The topological polar surface area (TPSA) is 12.0 Å². The van der Waals surface area contributed by atoms with Crippen LogP contribution < -0.4 is 5.32 Å². The molecular formula is C17H28ClNS. The number of unbranched alkanes of at least 4 members (excludes halogenated alkanes) is 3. The van der Waals surface area contributed by atoms with Crippen molar-refractivity contribution in [3.05, 3.63) is 29.3 Å². The van der Waals surface area contributed by atoms with Gasteiger partial charge < -0.3 is 5.32 Å². The third kappa shape index (κ3) is 8.18. The van der Waals surface area contributed by atoms with E-state index in [4.69, 9.17) is 11.6 Å². The molecule has 1 N–H and O–H groups in total. The maximum Gasteiger partial charge on any atom is 0.0417 e. The van der Waals surface area contributed by atoms with Gasteiger partial charge in [-0.3, -0.25) is 0 Å². The zero-order chi connectivity index (χ0) is 14.6. The largest absolute Gasteiger partial charge is 0.313 e. The van der Waals surface area contributed by atoms with E-state index in [9.17, 15) is 0 Å². The van der Waals surface area contributed by atoms with Gasteiger partial charge in [-0.1, -0.05) is 57.2 Å². The van der Waals surface area contributed by atoms with Crippen molar-refractivity contribution in [2.45, 2.75) is 63.3 Å². The number of hydrogen-bond donors (Lipinski definition) is 1. The van der Waals surface area contributed by atoms with E-state index in [1.54, 1.807) is 0 Å². The molecule has 0 bridgehead atoms. The van der Waals surface area contributed by atoms with Crippen LogP contribution >= 0.6 is 23.4 Å². The van der Waals surface area contributed by atoms with Crippen molar-refractivity contribution in [2.75, 3.05) is 12.3 Å². The van der Waals surface area contributed by atoms with Crippen LogP contribution in [0, 0.1) is 0 Å². The second-order valence-corrected chi connectivity index (χ2v) is 6.80. The molecule has 1 nitrogen and oxygen atoms in total. The molecule has 1 unspecified atom stereocenters. The Morgan fingerprint density at radius 3 is 2.70 bits per heavy atom. The van der Waals surface area contributed by atoms with Crippen LogP contribution in [0.15, 0.2) is 29.2 Å². The van der Waals surface area contributed by atoms with Gasteiger partial charge in [-0.2, -0.15) is 0 Å². The standard InChI is InChI=1S/C17H28ClNS/c1-3-5-6-7-10-16(19-12-4-2)14-20-17-11-8-9-15(18)13-17/h8-9,11,13,16,19H,3-7,10,12,14H2,1-2H3. The summed E-state index contributed by atoms with van der Waals surface area (Å²) in [6.07, 6.45) is 7.86. The van der Waals surface area contributed by atoms with Crippen molar-refractivity contribution in [2.24, 2.45) is 0 Å². The van der Waals surface area contributed by atoms with Gasteiger partial charge in [0.1, 0.15) is 0 Å². The first kappa shape index (κ1) is 17.9. The quantitative estimate of drug-likeness (QED) is 0.411. The maximum absolute atomic E-state index is 6.03. The molecule has 0 radical (unpaired) electrons. The van der Waals surface area contributed by atoms with E-state index >= 15 is 0 Å². The third-order valence-electron chi connectivity index (χ3n) is 3.34. The van der Waals surface area contributed by atoms with Crippen molar-refractivity contribution in [3.63, 3.8) is 0 Å². The summed E-state index contributed by atoms with van der Waals surface area (Å²) in [5, 5.41) is 4.51. The van der Waals surface area contributed by atoms with E-state index in [0.717, 1.165) is 17.3 Å². The monoisotopic (exact) mass is 313 g/mol. The Morgan fingerprint density at radius 2 is 2.00 bits per heavy atom. The van der Waals surface area contributed by atoms with Crippen LogP contribution in [0.2, 0.25) is 5.02 Å². The molecule has 0 aromatic heterocycles. The van der Waals surface area contributed by atoms with Gasteiger partial charge in [0, 0.05) is 21.7 Å². The third-order valence-corrected chi connectivity index (χ3v) is 4.73. The van der Waals surface area contributed by atoms with Crippen LogP contribution in [0.3, 0.4) is 0 Å². The minimum Gasteiger partial charge on any atom is -0.313 e. The molecular weight excluding hydrogens is 286 g/mol. The average Bonchev–Trinajstić information content (AvgIpc) is 2.45. The van der Waals surface area contributed by atoms with E-state index in [-0.39, 0.29) is 0 Å². The Bertz CT molecular complexity index is 357. The molecule has 0 fully saturated rings. The van der Waals surface area contributed by atoms with Gasteiger partial charge in [0.25, 0.3) is 0 Å². The van der Waals surface area contributed by atoms with Gasteiger partial charge >= 0.3 is 0 Å². The van der Waals surface area contributed by atoms with Gasteiger partial charge in [-0.25, -0.2) is 0 Å². The Labute approximate surface area is 133 Å². The Balaban J connectivity index is 2.34.